The summed E-state index contributed by atoms with van der Waals surface area (Å²) in [6.45, 7) is 5.66. The number of ether oxygens (including phenoxy) is 1. The zero-order valence-corrected chi connectivity index (χ0v) is 20.3. The topological polar surface area (TPSA) is 78.8 Å². The normalized spacial score (nSPS) is 18.8. The van der Waals surface area contributed by atoms with Gasteiger partial charge in [-0.1, -0.05) is 18.2 Å². The monoisotopic (exact) mass is 541 g/mol. The second-order valence-corrected chi connectivity index (χ2v) is 7.38. The number of aliphatic imine (C=N–C) groups is 1. The number of hydrogen-bond donors (Lipinski definition) is 2. The summed E-state index contributed by atoms with van der Waals surface area (Å²) in [5.74, 6) is 0.863. The Morgan fingerprint density at radius 1 is 1.26 bits per heavy atom. The first-order chi connectivity index (χ1) is 14.4. The Balaban J connectivity index is 0.00000341. The molecule has 2 aromatic rings. The number of benzene rings is 1. The van der Waals surface area contributed by atoms with Gasteiger partial charge >= 0.3 is 0 Å². The molecular formula is C22H29FIN5O2. The molecule has 1 aromatic carbocycles. The van der Waals surface area contributed by atoms with Crippen LogP contribution in [0.15, 0.2) is 47.6 Å². The van der Waals surface area contributed by atoms with Gasteiger partial charge in [0.1, 0.15) is 17.7 Å². The summed E-state index contributed by atoms with van der Waals surface area (Å²) < 4.78 is 19.3. The van der Waals surface area contributed by atoms with E-state index in [2.05, 4.69) is 25.5 Å². The minimum absolute atomic E-state index is 0. The first kappa shape index (κ1) is 25.0. The second kappa shape index (κ2) is 11.9. The number of carbonyl (C=O) groups is 1. The molecule has 0 spiro atoms. The van der Waals surface area contributed by atoms with Gasteiger partial charge in [-0.2, -0.15) is 0 Å². The Hall–Kier alpha value is -2.27. The molecule has 2 heterocycles. The summed E-state index contributed by atoms with van der Waals surface area (Å²) in [6.07, 6.45) is 1.81. The number of rotatable bonds is 5. The van der Waals surface area contributed by atoms with Gasteiger partial charge in [0.15, 0.2) is 5.96 Å². The van der Waals surface area contributed by atoms with Crippen molar-refractivity contribution >= 4 is 41.7 Å². The Kier molecular flexibility index (Phi) is 9.63. The molecular weight excluding hydrogens is 512 g/mol. The Morgan fingerprint density at radius 3 is 2.65 bits per heavy atom. The van der Waals surface area contributed by atoms with Crippen molar-refractivity contribution in [3.63, 3.8) is 0 Å². The maximum absolute atomic E-state index is 13.2. The smallest absolute Gasteiger partial charge is 0.227 e. The lowest BCUT2D eigenvalue weighted by Crippen LogP contribution is -2.51. The third-order valence-electron chi connectivity index (χ3n) is 4.83. The van der Waals surface area contributed by atoms with Gasteiger partial charge in [-0.25, -0.2) is 9.37 Å². The average molecular weight is 541 g/mol. The molecule has 0 saturated carbocycles. The lowest BCUT2D eigenvalue weighted by atomic mass is 10.1. The highest BCUT2D eigenvalue weighted by Crippen LogP contribution is 2.25. The Bertz CT molecular complexity index is 876. The van der Waals surface area contributed by atoms with Crippen LogP contribution in [0.4, 0.5) is 10.2 Å². The fourth-order valence-electron chi connectivity index (χ4n) is 3.35. The molecule has 3 rings (SSSR count). The van der Waals surface area contributed by atoms with Crippen LogP contribution in [0.2, 0.25) is 0 Å². The van der Waals surface area contributed by atoms with E-state index in [1.165, 1.54) is 12.1 Å². The molecule has 168 valence electrons. The standard InChI is InChI=1S/C22H28FN5O2.HI/c1-15-4-9-20(26-12-15)27-21(29)10-11-25-22(24-3)28-13-16(2)30-19(14-28)17-5-7-18(23)8-6-17;/h4-9,12,16,19H,10-11,13-14H2,1-3H3,(H,24,25)(H,26,27,29);1H. The van der Waals surface area contributed by atoms with Crippen molar-refractivity contribution in [3.05, 3.63) is 59.5 Å². The van der Waals surface area contributed by atoms with Crippen molar-refractivity contribution in [1.29, 1.82) is 0 Å². The summed E-state index contributed by atoms with van der Waals surface area (Å²) in [5.41, 5.74) is 1.96. The summed E-state index contributed by atoms with van der Waals surface area (Å²) >= 11 is 0. The molecule has 2 atom stereocenters. The molecule has 9 heteroatoms. The van der Waals surface area contributed by atoms with Crippen molar-refractivity contribution in [2.24, 2.45) is 4.99 Å². The second-order valence-electron chi connectivity index (χ2n) is 7.38. The number of hydrogen-bond acceptors (Lipinski definition) is 4. The zero-order chi connectivity index (χ0) is 21.5. The lowest BCUT2D eigenvalue weighted by Gasteiger charge is -2.38. The molecule has 1 saturated heterocycles. The lowest BCUT2D eigenvalue weighted by molar-refractivity contribution is -0.116. The molecule has 1 fully saturated rings. The van der Waals surface area contributed by atoms with Gasteiger partial charge in [0.2, 0.25) is 5.91 Å². The van der Waals surface area contributed by atoms with E-state index in [0.717, 1.165) is 11.1 Å². The Morgan fingerprint density at radius 2 is 2.00 bits per heavy atom. The number of carbonyl (C=O) groups excluding carboxylic acids is 1. The van der Waals surface area contributed by atoms with Crippen LogP contribution in [0, 0.1) is 12.7 Å². The molecule has 1 aliphatic heterocycles. The van der Waals surface area contributed by atoms with Crippen LogP contribution in [0.1, 0.15) is 30.6 Å². The fraction of sp³-hybridized carbons (Fsp3) is 0.409. The van der Waals surface area contributed by atoms with Crippen molar-refractivity contribution in [2.45, 2.75) is 32.5 Å². The summed E-state index contributed by atoms with van der Waals surface area (Å²) in [4.78, 5) is 22.8. The maximum atomic E-state index is 13.2. The van der Waals surface area contributed by atoms with E-state index in [1.807, 2.05) is 19.9 Å². The van der Waals surface area contributed by atoms with E-state index in [4.69, 9.17) is 4.74 Å². The number of aromatic nitrogens is 1. The van der Waals surface area contributed by atoms with Crippen LogP contribution in [0.5, 0.6) is 0 Å². The molecule has 1 amide bonds. The van der Waals surface area contributed by atoms with E-state index < -0.39 is 0 Å². The van der Waals surface area contributed by atoms with Crippen molar-refractivity contribution in [3.8, 4) is 0 Å². The molecule has 2 unspecified atom stereocenters. The molecule has 31 heavy (non-hydrogen) atoms. The number of nitrogens with zero attached hydrogens (tertiary/aromatic N) is 3. The number of anilines is 1. The van der Waals surface area contributed by atoms with Gasteiger partial charge in [0.25, 0.3) is 0 Å². The van der Waals surface area contributed by atoms with Gasteiger partial charge in [-0.3, -0.25) is 9.79 Å². The van der Waals surface area contributed by atoms with Crippen LogP contribution >= 0.6 is 24.0 Å². The van der Waals surface area contributed by atoms with Gasteiger partial charge in [-0.05, 0) is 43.2 Å². The number of nitrogens with one attached hydrogen (secondary N) is 2. The quantitative estimate of drug-likeness (QED) is 0.344. The van der Waals surface area contributed by atoms with E-state index in [0.29, 0.717) is 31.4 Å². The van der Waals surface area contributed by atoms with Gasteiger partial charge in [0.05, 0.1) is 12.6 Å². The van der Waals surface area contributed by atoms with E-state index in [1.54, 1.807) is 31.4 Å². The van der Waals surface area contributed by atoms with E-state index in [-0.39, 0.29) is 54.3 Å². The van der Waals surface area contributed by atoms with Crippen LogP contribution < -0.4 is 10.6 Å². The number of aryl methyl sites for hydroxylation is 1. The first-order valence-electron chi connectivity index (χ1n) is 10.0. The van der Waals surface area contributed by atoms with Crippen LogP contribution in [0.25, 0.3) is 0 Å². The predicted molar refractivity (Wildman–Crippen MR) is 130 cm³/mol. The van der Waals surface area contributed by atoms with E-state index >= 15 is 0 Å². The van der Waals surface area contributed by atoms with Crippen LogP contribution in [0.3, 0.4) is 0 Å². The van der Waals surface area contributed by atoms with Gasteiger partial charge in [-0.15, -0.1) is 24.0 Å². The molecule has 0 bridgehead atoms. The highest BCUT2D eigenvalue weighted by molar-refractivity contribution is 14.0. The van der Waals surface area contributed by atoms with E-state index in [9.17, 15) is 9.18 Å². The number of morpholine rings is 1. The number of pyridine rings is 1. The third kappa shape index (κ3) is 7.42. The fourth-order valence-corrected chi connectivity index (χ4v) is 3.35. The predicted octanol–water partition coefficient (Wildman–Crippen LogP) is 3.51. The molecule has 0 aliphatic carbocycles. The maximum Gasteiger partial charge on any atom is 0.227 e. The molecule has 1 aromatic heterocycles. The highest BCUT2D eigenvalue weighted by Gasteiger charge is 2.28. The number of halogens is 2. The minimum Gasteiger partial charge on any atom is -0.367 e. The van der Waals surface area contributed by atoms with Gasteiger partial charge < -0.3 is 20.3 Å². The minimum atomic E-state index is -0.268. The largest absolute Gasteiger partial charge is 0.367 e. The van der Waals surface area contributed by atoms with Crippen LogP contribution in [-0.4, -0.2) is 54.5 Å². The first-order valence-corrected chi connectivity index (χ1v) is 10.0. The highest BCUT2D eigenvalue weighted by atomic mass is 127. The summed E-state index contributed by atoms with van der Waals surface area (Å²) in [5, 5.41) is 6.03. The van der Waals surface area contributed by atoms with Crippen molar-refractivity contribution in [2.75, 3.05) is 32.0 Å². The number of amides is 1. The van der Waals surface area contributed by atoms with Crippen molar-refractivity contribution in [1.82, 2.24) is 15.2 Å². The third-order valence-corrected chi connectivity index (χ3v) is 4.83. The SMILES string of the molecule is CN=C(NCCC(=O)Nc1ccc(C)cn1)N1CC(C)OC(c2ccc(F)cc2)C1.I. The van der Waals surface area contributed by atoms with Crippen LogP contribution in [-0.2, 0) is 9.53 Å². The molecule has 7 nitrogen and oxygen atoms in total. The molecule has 0 radical (unpaired) electrons. The van der Waals surface area contributed by atoms with Gasteiger partial charge in [0, 0.05) is 32.8 Å². The molecule has 1 aliphatic rings. The Labute approximate surface area is 199 Å². The average Bonchev–Trinajstić information content (AvgIpc) is 2.73. The van der Waals surface area contributed by atoms with Crippen molar-refractivity contribution < 1.29 is 13.9 Å². The summed E-state index contributed by atoms with van der Waals surface area (Å²) in [6, 6.07) is 10.1. The summed E-state index contributed by atoms with van der Waals surface area (Å²) in [7, 11) is 1.71. The number of guanidine groups is 1. The molecule has 2 N–H and O–H groups in total. The zero-order valence-electron chi connectivity index (χ0n) is 18.0.